The topological polar surface area (TPSA) is 82.4 Å². The number of sulfonamides is 2. The van der Waals surface area contributed by atoms with Crippen LogP contribution in [0.4, 0.5) is 17.6 Å². The molecule has 14 heavy (non-hydrogen) atoms. The average molecular weight is 256 g/mol. The molecule has 0 bridgehead atoms. The second kappa shape index (κ2) is 2.58. The smallest absolute Gasteiger partial charge is 0.336 e. The van der Waals surface area contributed by atoms with Crippen LogP contribution in [0.5, 0.6) is 0 Å². The summed E-state index contributed by atoms with van der Waals surface area (Å²) in [5, 5.41) is -9.72. The van der Waals surface area contributed by atoms with Crippen LogP contribution in [-0.4, -0.2) is 27.3 Å². The van der Waals surface area contributed by atoms with E-state index in [2.05, 4.69) is 0 Å². The average Bonchev–Trinajstić information content (AvgIpc) is 1.78. The Bertz CT molecular complexity index is 409. The van der Waals surface area contributed by atoms with Gasteiger partial charge in [-0.05, 0) is 0 Å². The first-order chi connectivity index (χ1) is 5.91. The van der Waals surface area contributed by atoms with Crippen LogP contribution in [0, 0.1) is 0 Å². The highest BCUT2D eigenvalue weighted by Gasteiger charge is 2.58. The Balaban J connectivity index is 3.36. The second-order valence-corrected chi connectivity index (χ2v) is 6.17. The van der Waals surface area contributed by atoms with Gasteiger partial charge >= 0.3 is 10.5 Å². The lowest BCUT2D eigenvalue weighted by atomic mass is 10.4. The Morgan fingerprint density at radius 1 is 0.857 bits per heavy atom. The SMILES string of the molecule is O=S1(=O)[N-]S(=O)(=O)C(F)(F)CC1(F)F. The standard InChI is InChI=1S/C3H2F4NO4S2/c4-2(5)1-3(6,7)14(11,12)8-13(2,9)10/h1H2/q-1. The molecule has 0 radical (unpaired) electrons. The van der Waals surface area contributed by atoms with Crippen molar-refractivity contribution in [2.75, 3.05) is 0 Å². The van der Waals surface area contributed by atoms with E-state index in [1.54, 1.807) is 0 Å². The van der Waals surface area contributed by atoms with Crippen molar-refractivity contribution in [2.24, 2.45) is 0 Å². The van der Waals surface area contributed by atoms with E-state index in [1.165, 1.54) is 4.13 Å². The minimum atomic E-state index is -5.72. The Morgan fingerprint density at radius 2 is 1.14 bits per heavy atom. The number of nitrogens with zero attached hydrogens (tertiary/aromatic N) is 1. The quantitative estimate of drug-likeness (QED) is 0.594. The molecule has 0 aromatic carbocycles. The Morgan fingerprint density at radius 3 is 1.36 bits per heavy atom. The fourth-order valence-corrected chi connectivity index (χ4v) is 3.38. The fraction of sp³-hybridized carbons (Fsp3) is 1.00. The first-order valence-corrected chi connectivity index (χ1v) is 5.78. The fourth-order valence-electron chi connectivity index (χ4n) is 0.660. The van der Waals surface area contributed by atoms with Crippen molar-refractivity contribution >= 4 is 20.0 Å². The van der Waals surface area contributed by atoms with Crippen molar-refractivity contribution in [3.63, 3.8) is 0 Å². The number of hydrogen-bond donors (Lipinski definition) is 0. The zero-order chi connectivity index (χ0) is 11.4. The molecule has 0 spiro atoms. The molecule has 0 amide bonds. The maximum absolute atomic E-state index is 12.4. The summed E-state index contributed by atoms with van der Waals surface area (Å²) in [7, 11) is -11.4. The minimum absolute atomic E-state index is 1.50. The number of rotatable bonds is 0. The highest BCUT2D eigenvalue weighted by Crippen LogP contribution is 2.48. The molecule has 0 atom stereocenters. The summed E-state index contributed by atoms with van der Waals surface area (Å²) in [5.41, 5.74) is 0. The van der Waals surface area contributed by atoms with Crippen LogP contribution in [0.1, 0.15) is 6.42 Å². The number of hydrogen-bond acceptors (Lipinski definition) is 4. The first-order valence-electron chi connectivity index (χ1n) is 2.90. The van der Waals surface area contributed by atoms with Gasteiger partial charge in [0.05, 0.1) is 0 Å². The van der Waals surface area contributed by atoms with Crippen LogP contribution in [-0.2, 0) is 20.0 Å². The van der Waals surface area contributed by atoms with Gasteiger partial charge in [0.25, 0.3) is 0 Å². The third-order valence-electron chi connectivity index (χ3n) is 1.36. The molecule has 5 nitrogen and oxygen atoms in total. The summed E-state index contributed by atoms with van der Waals surface area (Å²) in [4.78, 5) is 0. The molecule has 0 aromatic heterocycles. The highest BCUT2D eigenvalue weighted by atomic mass is 32.3. The molecular weight excluding hydrogens is 254 g/mol. The molecule has 1 rings (SSSR count). The van der Waals surface area contributed by atoms with E-state index in [9.17, 15) is 34.4 Å². The first kappa shape index (κ1) is 11.7. The van der Waals surface area contributed by atoms with Crippen molar-refractivity contribution < 1.29 is 34.4 Å². The third kappa shape index (κ3) is 1.48. The monoisotopic (exact) mass is 256 g/mol. The van der Waals surface area contributed by atoms with E-state index >= 15 is 0 Å². The van der Waals surface area contributed by atoms with Gasteiger partial charge in [-0.15, -0.1) is 0 Å². The molecule has 1 saturated heterocycles. The lowest BCUT2D eigenvalue weighted by Gasteiger charge is -2.37. The zero-order valence-electron chi connectivity index (χ0n) is 6.12. The lowest BCUT2D eigenvalue weighted by molar-refractivity contribution is -0.0169. The van der Waals surface area contributed by atoms with Crippen LogP contribution >= 0.6 is 0 Å². The van der Waals surface area contributed by atoms with Gasteiger partial charge in [0.1, 0.15) is 26.5 Å². The van der Waals surface area contributed by atoms with Crippen LogP contribution in [0.3, 0.4) is 0 Å². The second-order valence-electron chi connectivity index (χ2n) is 2.48. The Hall–Kier alpha value is -0.420. The van der Waals surface area contributed by atoms with Gasteiger partial charge in [-0.1, -0.05) is 0 Å². The van der Waals surface area contributed by atoms with Crippen LogP contribution in [0.25, 0.3) is 4.13 Å². The van der Waals surface area contributed by atoms with Crippen LogP contribution in [0.15, 0.2) is 0 Å². The molecule has 0 aromatic rings. The predicted octanol–water partition coefficient (Wildman–Crippen LogP) is 0.609. The molecule has 0 unspecified atom stereocenters. The van der Waals surface area contributed by atoms with Gasteiger partial charge in [-0.3, -0.25) is 0 Å². The van der Waals surface area contributed by atoms with Gasteiger partial charge in [-0.2, -0.15) is 17.6 Å². The molecular formula is C3H2F4NO4S2-. The number of alkyl halides is 4. The molecule has 0 aliphatic carbocycles. The summed E-state index contributed by atoms with van der Waals surface area (Å²) in [6.07, 6.45) is -2.60. The lowest BCUT2D eigenvalue weighted by Crippen LogP contribution is -2.46. The van der Waals surface area contributed by atoms with Crippen molar-refractivity contribution in [3.8, 4) is 0 Å². The maximum Gasteiger partial charge on any atom is 0.336 e. The van der Waals surface area contributed by atoms with Crippen LogP contribution in [0.2, 0.25) is 0 Å². The molecule has 84 valence electrons. The molecule has 0 saturated carbocycles. The van der Waals surface area contributed by atoms with E-state index in [1.807, 2.05) is 0 Å². The van der Waals surface area contributed by atoms with Gasteiger partial charge in [0.2, 0.25) is 0 Å². The zero-order valence-corrected chi connectivity index (χ0v) is 7.75. The third-order valence-corrected chi connectivity index (χ3v) is 4.73. The Kier molecular flexibility index (Phi) is 2.15. The van der Waals surface area contributed by atoms with E-state index < -0.39 is 37.0 Å². The van der Waals surface area contributed by atoms with Gasteiger partial charge in [0, 0.05) is 0 Å². The van der Waals surface area contributed by atoms with Crippen molar-refractivity contribution in [3.05, 3.63) is 4.13 Å². The predicted molar refractivity (Wildman–Crippen MR) is 35.7 cm³/mol. The van der Waals surface area contributed by atoms with E-state index in [0.29, 0.717) is 0 Å². The normalized spacial score (nSPS) is 32.3. The molecule has 1 aliphatic heterocycles. The summed E-state index contributed by atoms with van der Waals surface area (Å²) in [6.45, 7) is 0. The largest absolute Gasteiger partial charge is 0.426 e. The van der Waals surface area contributed by atoms with Crippen LogP contribution < -0.4 is 0 Å². The summed E-state index contributed by atoms with van der Waals surface area (Å²) in [6, 6.07) is 0. The summed E-state index contributed by atoms with van der Waals surface area (Å²) < 4.78 is 92.6. The van der Waals surface area contributed by atoms with E-state index in [-0.39, 0.29) is 0 Å². The van der Waals surface area contributed by atoms with E-state index in [4.69, 9.17) is 0 Å². The molecule has 1 aliphatic rings. The molecule has 0 N–H and O–H groups in total. The van der Waals surface area contributed by atoms with E-state index in [0.717, 1.165) is 0 Å². The molecule has 11 heteroatoms. The summed E-state index contributed by atoms with van der Waals surface area (Å²) >= 11 is 0. The summed E-state index contributed by atoms with van der Waals surface area (Å²) in [5.74, 6) is 0. The maximum atomic E-state index is 12.4. The molecule has 1 fully saturated rings. The minimum Gasteiger partial charge on any atom is -0.426 e. The highest BCUT2D eigenvalue weighted by molar-refractivity contribution is 8.13. The van der Waals surface area contributed by atoms with Crippen molar-refractivity contribution in [1.29, 1.82) is 0 Å². The van der Waals surface area contributed by atoms with Crippen molar-refractivity contribution in [2.45, 2.75) is 16.9 Å². The Labute approximate surface area is 76.2 Å². The molecule has 1 heterocycles. The van der Waals surface area contributed by atoms with Gasteiger partial charge < -0.3 is 4.13 Å². The van der Waals surface area contributed by atoms with Gasteiger partial charge in [0.15, 0.2) is 0 Å². The van der Waals surface area contributed by atoms with Crippen molar-refractivity contribution in [1.82, 2.24) is 0 Å². The number of halogens is 4. The van der Waals surface area contributed by atoms with Gasteiger partial charge in [-0.25, -0.2) is 16.8 Å².